The van der Waals surface area contributed by atoms with Crippen LogP contribution in [0.3, 0.4) is 0 Å². The lowest BCUT2D eigenvalue weighted by atomic mass is 10.1. The number of carbonyl (C=O) groups excluding carboxylic acids is 1. The molecular weight excluding hydrogens is 415 g/mol. The average molecular weight is 439 g/mol. The SMILES string of the molecule is Cc1ccc(CN2CCc3nc(SCC(=O)Nc4ccc(F)cc4)[nH]c(=O)c3C2)cc1. The third-order valence-electron chi connectivity index (χ3n) is 5.12. The molecule has 8 heteroatoms. The summed E-state index contributed by atoms with van der Waals surface area (Å²) in [5, 5.41) is 3.13. The van der Waals surface area contributed by atoms with Gasteiger partial charge >= 0.3 is 0 Å². The van der Waals surface area contributed by atoms with E-state index in [9.17, 15) is 14.0 Å². The van der Waals surface area contributed by atoms with Crippen LogP contribution in [0.2, 0.25) is 0 Å². The number of benzene rings is 2. The van der Waals surface area contributed by atoms with Crippen molar-refractivity contribution in [3.05, 3.63) is 87.1 Å². The number of H-pyrrole nitrogens is 1. The van der Waals surface area contributed by atoms with Crippen LogP contribution in [0.25, 0.3) is 0 Å². The molecule has 0 fully saturated rings. The summed E-state index contributed by atoms with van der Waals surface area (Å²) in [5.74, 6) is -0.513. The number of fused-ring (bicyclic) bond motifs is 1. The zero-order valence-electron chi connectivity index (χ0n) is 17.2. The molecule has 1 aliphatic heterocycles. The van der Waals surface area contributed by atoms with Crippen molar-refractivity contribution in [2.45, 2.75) is 31.6 Å². The number of aromatic nitrogens is 2. The van der Waals surface area contributed by atoms with Crippen LogP contribution in [0.15, 0.2) is 58.5 Å². The summed E-state index contributed by atoms with van der Waals surface area (Å²) in [7, 11) is 0. The number of hydrogen-bond acceptors (Lipinski definition) is 5. The molecule has 1 aromatic heterocycles. The largest absolute Gasteiger partial charge is 0.325 e. The first-order valence-corrected chi connectivity index (χ1v) is 11.0. The van der Waals surface area contributed by atoms with Crippen LogP contribution in [0.4, 0.5) is 10.1 Å². The van der Waals surface area contributed by atoms with Crippen molar-refractivity contribution in [1.82, 2.24) is 14.9 Å². The maximum Gasteiger partial charge on any atom is 0.256 e. The Morgan fingerprint density at radius 1 is 1.19 bits per heavy atom. The van der Waals surface area contributed by atoms with Crippen LogP contribution in [-0.2, 0) is 24.3 Å². The number of rotatable bonds is 6. The Bertz CT molecular complexity index is 1130. The van der Waals surface area contributed by atoms with E-state index in [0.717, 1.165) is 18.8 Å². The number of hydrogen-bond donors (Lipinski definition) is 2. The number of aromatic amines is 1. The first-order valence-electron chi connectivity index (χ1n) is 10.0. The van der Waals surface area contributed by atoms with E-state index in [4.69, 9.17) is 0 Å². The molecule has 0 unspecified atom stereocenters. The average Bonchev–Trinajstić information content (AvgIpc) is 2.76. The molecule has 2 aromatic carbocycles. The van der Waals surface area contributed by atoms with Gasteiger partial charge in [0, 0.05) is 31.7 Å². The third-order valence-corrected chi connectivity index (χ3v) is 5.99. The Labute approximate surface area is 183 Å². The Hall–Kier alpha value is -2.97. The van der Waals surface area contributed by atoms with Gasteiger partial charge in [-0.15, -0.1) is 0 Å². The molecule has 3 aromatic rings. The van der Waals surface area contributed by atoms with Crippen molar-refractivity contribution >= 4 is 23.4 Å². The minimum Gasteiger partial charge on any atom is -0.325 e. The number of anilines is 1. The van der Waals surface area contributed by atoms with E-state index in [1.807, 2.05) is 0 Å². The van der Waals surface area contributed by atoms with E-state index >= 15 is 0 Å². The summed E-state index contributed by atoms with van der Waals surface area (Å²) >= 11 is 1.18. The molecule has 2 heterocycles. The summed E-state index contributed by atoms with van der Waals surface area (Å²) in [4.78, 5) is 34.4. The zero-order chi connectivity index (χ0) is 21.8. The van der Waals surface area contributed by atoms with Gasteiger partial charge in [-0.25, -0.2) is 9.37 Å². The van der Waals surface area contributed by atoms with E-state index in [2.05, 4.69) is 51.4 Å². The van der Waals surface area contributed by atoms with Gasteiger partial charge in [-0.2, -0.15) is 0 Å². The first kappa shape index (κ1) is 21.3. The molecule has 0 bridgehead atoms. The zero-order valence-corrected chi connectivity index (χ0v) is 18.0. The number of amides is 1. The molecule has 6 nitrogen and oxygen atoms in total. The van der Waals surface area contributed by atoms with Gasteiger partial charge in [-0.1, -0.05) is 41.6 Å². The van der Waals surface area contributed by atoms with Crippen molar-refractivity contribution < 1.29 is 9.18 Å². The molecule has 0 spiro atoms. The summed E-state index contributed by atoms with van der Waals surface area (Å²) < 4.78 is 13.0. The van der Waals surface area contributed by atoms with Gasteiger partial charge in [0.05, 0.1) is 17.0 Å². The Morgan fingerprint density at radius 3 is 2.68 bits per heavy atom. The fourth-order valence-electron chi connectivity index (χ4n) is 3.48. The van der Waals surface area contributed by atoms with Gasteiger partial charge in [0.15, 0.2) is 5.16 Å². The van der Waals surface area contributed by atoms with Crippen LogP contribution in [0.5, 0.6) is 0 Å². The van der Waals surface area contributed by atoms with Crippen molar-refractivity contribution in [2.24, 2.45) is 0 Å². The summed E-state index contributed by atoms with van der Waals surface area (Å²) in [5.41, 5.74) is 4.30. The Balaban J connectivity index is 1.36. The lowest BCUT2D eigenvalue weighted by Crippen LogP contribution is -2.35. The fourth-order valence-corrected chi connectivity index (χ4v) is 4.16. The van der Waals surface area contributed by atoms with E-state index in [-0.39, 0.29) is 23.0 Å². The summed E-state index contributed by atoms with van der Waals surface area (Å²) in [6.45, 7) is 4.24. The molecule has 0 saturated carbocycles. The number of nitrogens with one attached hydrogen (secondary N) is 2. The maximum atomic E-state index is 13.0. The van der Waals surface area contributed by atoms with Gasteiger partial charge < -0.3 is 10.3 Å². The van der Waals surface area contributed by atoms with Crippen LogP contribution in [0.1, 0.15) is 22.4 Å². The maximum absolute atomic E-state index is 13.0. The highest BCUT2D eigenvalue weighted by Crippen LogP contribution is 2.20. The van der Waals surface area contributed by atoms with Crippen molar-refractivity contribution in [3.63, 3.8) is 0 Å². The van der Waals surface area contributed by atoms with Gasteiger partial charge in [0.2, 0.25) is 5.91 Å². The van der Waals surface area contributed by atoms with E-state index in [1.165, 1.54) is 47.2 Å². The molecule has 0 saturated heterocycles. The minimum absolute atomic E-state index is 0.0959. The molecule has 1 amide bonds. The third kappa shape index (κ3) is 5.59. The van der Waals surface area contributed by atoms with Crippen molar-refractivity contribution in [3.8, 4) is 0 Å². The number of carbonyl (C=O) groups is 1. The van der Waals surface area contributed by atoms with E-state index in [1.54, 1.807) is 0 Å². The summed E-state index contributed by atoms with van der Waals surface area (Å²) in [6, 6.07) is 14.0. The monoisotopic (exact) mass is 438 g/mol. The van der Waals surface area contributed by atoms with Gasteiger partial charge in [0.1, 0.15) is 5.82 Å². The van der Waals surface area contributed by atoms with E-state index < -0.39 is 0 Å². The lowest BCUT2D eigenvalue weighted by Gasteiger charge is -2.27. The highest BCUT2D eigenvalue weighted by Gasteiger charge is 2.21. The Morgan fingerprint density at radius 2 is 1.94 bits per heavy atom. The Kier molecular flexibility index (Phi) is 6.48. The van der Waals surface area contributed by atoms with Crippen LogP contribution in [0, 0.1) is 12.7 Å². The molecular formula is C23H23FN4O2S. The normalized spacial score (nSPS) is 13.6. The summed E-state index contributed by atoms with van der Waals surface area (Å²) in [6.07, 6.45) is 0.695. The van der Waals surface area contributed by atoms with Crippen LogP contribution in [-0.4, -0.2) is 33.1 Å². The molecule has 0 aliphatic carbocycles. The molecule has 0 radical (unpaired) electrons. The van der Waals surface area contributed by atoms with Gasteiger partial charge in [-0.05, 0) is 36.8 Å². The number of aryl methyl sites for hydroxylation is 1. The number of nitrogens with zero attached hydrogens (tertiary/aromatic N) is 2. The second kappa shape index (κ2) is 9.45. The standard InChI is InChI=1S/C23H23FN4O2S/c1-15-2-4-16(5-3-15)12-28-11-10-20-19(13-28)22(30)27-23(26-20)31-14-21(29)25-18-8-6-17(24)7-9-18/h2-9H,10-14H2,1H3,(H,25,29)(H,26,27,30). The van der Waals surface area contributed by atoms with Gasteiger partial charge in [-0.3, -0.25) is 14.5 Å². The highest BCUT2D eigenvalue weighted by molar-refractivity contribution is 7.99. The first-order chi connectivity index (χ1) is 15.0. The number of thioether (sulfide) groups is 1. The molecule has 1 aliphatic rings. The molecule has 31 heavy (non-hydrogen) atoms. The molecule has 2 N–H and O–H groups in total. The van der Waals surface area contributed by atoms with Gasteiger partial charge in [0.25, 0.3) is 5.56 Å². The smallest absolute Gasteiger partial charge is 0.256 e. The van der Waals surface area contributed by atoms with Crippen LogP contribution < -0.4 is 10.9 Å². The van der Waals surface area contributed by atoms with Crippen molar-refractivity contribution in [1.29, 1.82) is 0 Å². The predicted octanol–water partition coefficient (Wildman–Crippen LogP) is 3.51. The second-order valence-corrected chi connectivity index (χ2v) is 8.55. The second-order valence-electron chi connectivity index (χ2n) is 7.59. The molecule has 160 valence electrons. The van der Waals surface area contributed by atoms with E-state index in [0.29, 0.717) is 29.4 Å². The highest BCUT2D eigenvalue weighted by atomic mass is 32.2. The molecule has 0 atom stereocenters. The topological polar surface area (TPSA) is 78.1 Å². The predicted molar refractivity (Wildman–Crippen MR) is 120 cm³/mol. The quantitative estimate of drug-likeness (QED) is 0.455. The number of halogens is 1. The molecule has 4 rings (SSSR count). The van der Waals surface area contributed by atoms with Crippen molar-refractivity contribution in [2.75, 3.05) is 17.6 Å². The minimum atomic E-state index is -0.361. The fraction of sp³-hybridized carbons (Fsp3) is 0.261. The van der Waals surface area contributed by atoms with Crippen LogP contribution >= 0.6 is 11.8 Å². The lowest BCUT2D eigenvalue weighted by molar-refractivity contribution is -0.113.